The average Bonchev–Trinajstić information content (AvgIpc) is 2.30. The van der Waals surface area contributed by atoms with Crippen LogP contribution in [0.15, 0.2) is 24.7 Å². The zero-order chi connectivity index (χ0) is 8.16. The van der Waals surface area contributed by atoms with E-state index >= 15 is 0 Å². The summed E-state index contributed by atoms with van der Waals surface area (Å²) in [7, 11) is 0. The van der Waals surface area contributed by atoms with E-state index < -0.39 is 5.79 Å². The van der Waals surface area contributed by atoms with Crippen molar-refractivity contribution in [2.75, 3.05) is 0 Å². The van der Waals surface area contributed by atoms with Crippen LogP contribution in [-0.4, -0.2) is 5.79 Å². The Morgan fingerprint density at radius 3 is 1.82 bits per heavy atom. The van der Waals surface area contributed by atoms with Crippen LogP contribution in [0, 0.1) is 0 Å². The number of hydrogen-bond donors (Lipinski definition) is 0. The van der Waals surface area contributed by atoms with Gasteiger partial charge in [-0.1, -0.05) is 13.8 Å². The van der Waals surface area contributed by atoms with E-state index in [4.69, 9.17) is 9.47 Å². The maximum absolute atomic E-state index is 5.42. The summed E-state index contributed by atoms with van der Waals surface area (Å²) in [5.74, 6) is -0.427. The molecule has 0 bridgehead atoms. The van der Waals surface area contributed by atoms with Gasteiger partial charge >= 0.3 is 0 Å². The smallest absolute Gasteiger partial charge is 0.248 e. The van der Waals surface area contributed by atoms with Crippen molar-refractivity contribution in [1.29, 1.82) is 0 Å². The summed E-state index contributed by atoms with van der Waals surface area (Å²) in [6, 6.07) is 0. The molecule has 1 aliphatic heterocycles. The van der Waals surface area contributed by atoms with Crippen LogP contribution in [0.5, 0.6) is 0 Å². The first-order valence-electron chi connectivity index (χ1n) is 4.00. The summed E-state index contributed by atoms with van der Waals surface area (Å²) in [5.41, 5.74) is 0. The van der Waals surface area contributed by atoms with Gasteiger partial charge in [-0.05, 0) is 12.2 Å². The Bertz CT molecular complexity index is 150. The molecule has 0 aliphatic carbocycles. The number of ether oxygens (including phenoxy) is 2. The molecular weight excluding hydrogens is 140 g/mol. The summed E-state index contributed by atoms with van der Waals surface area (Å²) in [6.45, 7) is 4.10. The predicted octanol–water partition coefficient (Wildman–Crippen LogP) is 2.58. The molecule has 1 aliphatic rings. The molecule has 0 aromatic rings. The molecule has 0 aromatic carbocycles. The topological polar surface area (TPSA) is 18.5 Å². The molecule has 0 N–H and O–H groups in total. The highest BCUT2D eigenvalue weighted by Gasteiger charge is 2.27. The van der Waals surface area contributed by atoms with Gasteiger partial charge in [0, 0.05) is 12.8 Å². The summed E-state index contributed by atoms with van der Waals surface area (Å²) in [5, 5.41) is 0. The van der Waals surface area contributed by atoms with Crippen LogP contribution in [0.4, 0.5) is 0 Å². The van der Waals surface area contributed by atoms with E-state index in [1.54, 1.807) is 12.5 Å². The molecule has 0 radical (unpaired) electrons. The van der Waals surface area contributed by atoms with Gasteiger partial charge in [0.25, 0.3) is 0 Å². The van der Waals surface area contributed by atoms with Gasteiger partial charge in [0.15, 0.2) is 0 Å². The molecule has 0 unspecified atom stereocenters. The van der Waals surface area contributed by atoms with Gasteiger partial charge < -0.3 is 9.47 Å². The van der Waals surface area contributed by atoms with Crippen molar-refractivity contribution in [3.05, 3.63) is 24.7 Å². The summed E-state index contributed by atoms with van der Waals surface area (Å²) in [6.07, 6.45) is 8.73. The molecule has 0 atom stereocenters. The summed E-state index contributed by atoms with van der Waals surface area (Å²) in [4.78, 5) is 0. The summed E-state index contributed by atoms with van der Waals surface area (Å²) < 4.78 is 10.8. The standard InChI is InChI=1S/C9H14O2/c1-3-9(4-2)10-7-5-6-8-11-9/h5-8H,3-4H2,1-2H3. The lowest BCUT2D eigenvalue weighted by Crippen LogP contribution is -2.30. The van der Waals surface area contributed by atoms with Crippen LogP contribution in [0.25, 0.3) is 0 Å². The fourth-order valence-corrected chi connectivity index (χ4v) is 1.03. The van der Waals surface area contributed by atoms with Gasteiger partial charge in [-0.25, -0.2) is 0 Å². The average molecular weight is 154 g/mol. The molecule has 0 fully saturated rings. The molecular formula is C9H14O2. The number of rotatable bonds is 2. The van der Waals surface area contributed by atoms with Crippen LogP contribution in [0.3, 0.4) is 0 Å². The lowest BCUT2D eigenvalue weighted by molar-refractivity contribution is -0.174. The van der Waals surface area contributed by atoms with Crippen LogP contribution in [0.2, 0.25) is 0 Å². The Hall–Kier alpha value is -0.920. The third kappa shape index (κ3) is 1.76. The summed E-state index contributed by atoms with van der Waals surface area (Å²) >= 11 is 0. The maximum atomic E-state index is 5.42. The lowest BCUT2D eigenvalue weighted by Gasteiger charge is -2.28. The van der Waals surface area contributed by atoms with Crippen LogP contribution in [0.1, 0.15) is 26.7 Å². The zero-order valence-corrected chi connectivity index (χ0v) is 7.04. The largest absolute Gasteiger partial charge is 0.460 e. The third-order valence-corrected chi connectivity index (χ3v) is 1.91. The first kappa shape index (κ1) is 8.18. The van der Waals surface area contributed by atoms with Gasteiger partial charge in [-0.2, -0.15) is 0 Å². The Balaban J connectivity index is 2.67. The third-order valence-electron chi connectivity index (χ3n) is 1.91. The van der Waals surface area contributed by atoms with Crippen molar-refractivity contribution in [3.63, 3.8) is 0 Å². The van der Waals surface area contributed by atoms with E-state index in [1.807, 2.05) is 12.2 Å². The molecule has 1 heterocycles. The van der Waals surface area contributed by atoms with Crippen molar-refractivity contribution in [2.24, 2.45) is 0 Å². The Morgan fingerprint density at radius 2 is 1.45 bits per heavy atom. The van der Waals surface area contributed by atoms with Gasteiger partial charge in [-0.3, -0.25) is 0 Å². The molecule has 0 spiro atoms. The van der Waals surface area contributed by atoms with Crippen LogP contribution < -0.4 is 0 Å². The molecule has 0 saturated heterocycles. The minimum Gasteiger partial charge on any atom is -0.460 e. The molecule has 0 amide bonds. The van der Waals surface area contributed by atoms with Gasteiger partial charge in [0.05, 0.1) is 12.5 Å². The highest BCUT2D eigenvalue weighted by Crippen LogP contribution is 2.24. The van der Waals surface area contributed by atoms with Crippen LogP contribution in [-0.2, 0) is 9.47 Å². The second-order valence-electron chi connectivity index (χ2n) is 2.51. The van der Waals surface area contributed by atoms with E-state index in [0.29, 0.717) is 0 Å². The molecule has 11 heavy (non-hydrogen) atoms. The van der Waals surface area contributed by atoms with E-state index in [2.05, 4.69) is 13.8 Å². The van der Waals surface area contributed by atoms with E-state index in [0.717, 1.165) is 12.8 Å². The fourth-order valence-electron chi connectivity index (χ4n) is 1.03. The van der Waals surface area contributed by atoms with Gasteiger partial charge in [0.1, 0.15) is 0 Å². The molecule has 2 nitrogen and oxygen atoms in total. The van der Waals surface area contributed by atoms with E-state index in [1.165, 1.54) is 0 Å². The second kappa shape index (κ2) is 3.46. The predicted molar refractivity (Wildman–Crippen MR) is 43.8 cm³/mol. The number of allylic oxidation sites excluding steroid dienone is 2. The zero-order valence-electron chi connectivity index (χ0n) is 7.04. The Kier molecular flexibility index (Phi) is 2.58. The monoisotopic (exact) mass is 154 g/mol. The molecule has 62 valence electrons. The lowest BCUT2D eigenvalue weighted by atomic mass is 10.1. The number of hydrogen-bond acceptors (Lipinski definition) is 2. The van der Waals surface area contributed by atoms with Gasteiger partial charge in [-0.15, -0.1) is 0 Å². The Morgan fingerprint density at radius 1 is 1.00 bits per heavy atom. The highest BCUT2D eigenvalue weighted by atomic mass is 16.7. The van der Waals surface area contributed by atoms with Gasteiger partial charge in [0.2, 0.25) is 5.79 Å². The van der Waals surface area contributed by atoms with Crippen molar-refractivity contribution < 1.29 is 9.47 Å². The molecule has 0 saturated carbocycles. The normalized spacial score (nSPS) is 20.2. The van der Waals surface area contributed by atoms with E-state index in [9.17, 15) is 0 Å². The maximum Gasteiger partial charge on any atom is 0.248 e. The Labute approximate surface area is 67.5 Å². The minimum absolute atomic E-state index is 0.427. The highest BCUT2D eigenvalue weighted by molar-refractivity contribution is 4.99. The quantitative estimate of drug-likeness (QED) is 0.608. The van der Waals surface area contributed by atoms with Crippen molar-refractivity contribution in [2.45, 2.75) is 32.5 Å². The van der Waals surface area contributed by atoms with Crippen LogP contribution >= 0.6 is 0 Å². The SMILES string of the molecule is CCC1(CC)OC=CC=CO1. The molecule has 2 heteroatoms. The van der Waals surface area contributed by atoms with Crippen molar-refractivity contribution in [1.82, 2.24) is 0 Å². The molecule has 1 rings (SSSR count). The minimum atomic E-state index is -0.427. The van der Waals surface area contributed by atoms with E-state index in [-0.39, 0.29) is 0 Å². The first-order chi connectivity index (χ1) is 5.33. The van der Waals surface area contributed by atoms with Crippen molar-refractivity contribution in [3.8, 4) is 0 Å². The fraction of sp³-hybridized carbons (Fsp3) is 0.556. The van der Waals surface area contributed by atoms with Crippen molar-refractivity contribution >= 4 is 0 Å². The first-order valence-corrected chi connectivity index (χ1v) is 4.00. The second-order valence-corrected chi connectivity index (χ2v) is 2.51. The molecule has 0 aromatic heterocycles.